The summed E-state index contributed by atoms with van der Waals surface area (Å²) in [5, 5.41) is 0. The lowest BCUT2D eigenvalue weighted by molar-refractivity contribution is 0.488. The lowest BCUT2D eigenvalue weighted by Gasteiger charge is -2.15. The van der Waals surface area contributed by atoms with Gasteiger partial charge >= 0.3 is 0 Å². The van der Waals surface area contributed by atoms with Crippen molar-refractivity contribution in [3.63, 3.8) is 0 Å². The van der Waals surface area contributed by atoms with Crippen LogP contribution in [0.25, 0.3) is 0 Å². The molecule has 1 heterocycles. The van der Waals surface area contributed by atoms with E-state index in [0.717, 1.165) is 12.8 Å². The highest BCUT2D eigenvalue weighted by atomic mass is 32.2. The molecule has 0 saturated heterocycles. The topological polar surface area (TPSA) is 37.4 Å². The van der Waals surface area contributed by atoms with E-state index in [9.17, 15) is 8.42 Å². The zero-order chi connectivity index (χ0) is 12.3. The number of nitrogens with zero attached hydrogens (tertiary/aromatic N) is 1. The van der Waals surface area contributed by atoms with Gasteiger partial charge in [0, 0.05) is 13.1 Å². The second-order valence-corrected chi connectivity index (χ2v) is 6.13. The molecule has 0 N–H and O–H groups in total. The van der Waals surface area contributed by atoms with E-state index in [1.807, 2.05) is 24.3 Å². The van der Waals surface area contributed by atoms with Crippen LogP contribution in [0.15, 0.2) is 41.3 Å². The van der Waals surface area contributed by atoms with Crippen molar-refractivity contribution < 1.29 is 8.42 Å². The second-order valence-electron chi connectivity index (χ2n) is 4.19. The average Bonchev–Trinajstić information content (AvgIpc) is 2.84. The van der Waals surface area contributed by atoms with Crippen molar-refractivity contribution in [2.24, 2.45) is 0 Å². The van der Waals surface area contributed by atoms with E-state index >= 15 is 0 Å². The maximum absolute atomic E-state index is 12.2. The standard InChI is InChI=1S/C13H17NO2S/c1-2-5-12-6-8-13(9-7-12)17(15,16)14-10-3-4-11-14/h3-4,6-9H,2,5,10-11H2,1H3. The molecular weight excluding hydrogens is 234 g/mol. The third-order valence-electron chi connectivity index (χ3n) is 2.88. The molecule has 1 aromatic carbocycles. The highest BCUT2D eigenvalue weighted by Crippen LogP contribution is 2.18. The minimum atomic E-state index is -3.30. The second kappa shape index (κ2) is 5.02. The number of sulfonamides is 1. The van der Waals surface area contributed by atoms with Gasteiger partial charge in [-0.1, -0.05) is 37.6 Å². The Bertz CT molecular complexity index is 495. The SMILES string of the molecule is CCCc1ccc(S(=O)(=O)N2CC=CC2)cc1. The largest absolute Gasteiger partial charge is 0.243 e. The number of hydrogen-bond acceptors (Lipinski definition) is 2. The number of hydrogen-bond donors (Lipinski definition) is 0. The Morgan fingerprint density at radius 3 is 2.24 bits per heavy atom. The first-order valence-electron chi connectivity index (χ1n) is 5.88. The highest BCUT2D eigenvalue weighted by molar-refractivity contribution is 7.89. The van der Waals surface area contributed by atoms with Crippen molar-refractivity contribution in [1.29, 1.82) is 0 Å². The van der Waals surface area contributed by atoms with Crippen molar-refractivity contribution in [2.45, 2.75) is 24.7 Å². The van der Waals surface area contributed by atoms with E-state index in [1.165, 1.54) is 9.87 Å². The van der Waals surface area contributed by atoms with Crippen LogP contribution >= 0.6 is 0 Å². The molecule has 0 bridgehead atoms. The molecule has 0 spiro atoms. The zero-order valence-corrected chi connectivity index (χ0v) is 10.8. The Hall–Kier alpha value is -1.13. The molecule has 0 unspecified atom stereocenters. The molecule has 0 aromatic heterocycles. The summed E-state index contributed by atoms with van der Waals surface area (Å²) in [4.78, 5) is 0.390. The lowest BCUT2D eigenvalue weighted by Crippen LogP contribution is -2.28. The van der Waals surface area contributed by atoms with Gasteiger partial charge in [0.25, 0.3) is 0 Å². The fourth-order valence-corrected chi connectivity index (χ4v) is 3.26. The van der Waals surface area contributed by atoms with E-state index in [1.54, 1.807) is 12.1 Å². The van der Waals surface area contributed by atoms with E-state index < -0.39 is 10.0 Å². The van der Waals surface area contributed by atoms with Crippen LogP contribution in [0.3, 0.4) is 0 Å². The predicted octanol–water partition coefficient (Wildman–Crippen LogP) is 2.20. The van der Waals surface area contributed by atoms with Crippen molar-refractivity contribution >= 4 is 10.0 Å². The zero-order valence-electron chi connectivity index (χ0n) is 9.96. The van der Waals surface area contributed by atoms with Crippen molar-refractivity contribution in [2.75, 3.05) is 13.1 Å². The van der Waals surface area contributed by atoms with Crippen LogP contribution in [0.5, 0.6) is 0 Å². The summed E-state index contributed by atoms with van der Waals surface area (Å²) in [6, 6.07) is 7.22. The van der Waals surface area contributed by atoms with Crippen molar-refractivity contribution in [3.8, 4) is 0 Å². The van der Waals surface area contributed by atoms with Crippen LogP contribution in [0.4, 0.5) is 0 Å². The third-order valence-corrected chi connectivity index (χ3v) is 4.73. The van der Waals surface area contributed by atoms with E-state index in [2.05, 4.69) is 6.92 Å². The predicted molar refractivity (Wildman–Crippen MR) is 68.3 cm³/mol. The van der Waals surface area contributed by atoms with E-state index in [4.69, 9.17) is 0 Å². The fraction of sp³-hybridized carbons (Fsp3) is 0.385. The Morgan fingerprint density at radius 2 is 1.71 bits per heavy atom. The molecule has 0 amide bonds. The molecule has 1 aromatic rings. The molecule has 0 radical (unpaired) electrons. The number of rotatable bonds is 4. The van der Waals surface area contributed by atoms with Gasteiger partial charge in [0.15, 0.2) is 0 Å². The molecule has 2 rings (SSSR count). The lowest BCUT2D eigenvalue weighted by atomic mass is 10.1. The van der Waals surface area contributed by atoms with Crippen LogP contribution in [0, 0.1) is 0 Å². The molecule has 0 saturated carbocycles. The van der Waals surface area contributed by atoms with Gasteiger partial charge in [-0.05, 0) is 24.1 Å². The summed E-state index contributed by atoms with van der Waals surface area (Å²) in [6.07, 6.45) is 5.82. The molecule has 1 aliphatic rings. The van der Waals surface area contributed by atoms with Crippen molar-refractivity contribution in [1.82, 2.24) is 4.31 Å². The first-order valence-corrected chi connectivity index (χ1v) is 7.32. The molecule has 92 valence electrons. The summed E-state index contributed by atoms with van der Waals surface area (Å²) in [7, 11) is -3.30. The summed E-state index contributed by atoms with van der Waals surface area (Å²) >= 11 is 0. The number of benzene rings is 1. The van der Waals surface area contributed by atoms with Gasteiger partial charge in [0.05, 0.1) is 4.90 Å². The molecule has 4 heteroatoms. The number of aryl methyl sites for hydroxylation is 1. The molecule has 17 heavy (non-hydrogen) atoms. The minimum absolute atomic E-state index is 0.390. The quantitative estimate of drug-likeness (QED) is 0.769. The maximum Gasteiger partial charge on any atom is 0.243 e. The smallest absolute Gasteiger partial charge is 0.207 e. The molecule has 0 atom stereocenters. The van der Waals surface area contributed by atoms with E-state index in [0.29, 0.717) is 18.0 Å². The fourth-order valence-electron chi connectivity index (χ4n) is 1.92. The van der Waals surface area contributed by atoms with Gasteiger partial charge < -0.3 is 0 Å². The first kappa shape index (κ1) is 12.3. The van der Waals surface area contributed by atoms with Gasteiger partial charge in [-0.25, -0.2) is 8.42 Å². The first-order chi connectivity index (χ1) is 8.14. The van der Waals surface area contributed by atoms with Crippen LogP contribution in [0.1, 0.15) is 18.9 Å². The Balaban J connectivity index is 2.21. The van der Waals surface area contributed by atoms with Gasteiger partial charge in [-0.15, -0.1) is 0 Å². The molecule has 0 aliphatic carbocycles. The van der Waals surface area contributed by atoms with Crippen LogP contribution in [-0.4, -0.2) is 25.8 Å². The molecule has 1 aliphatic heterocycles. The average molecular weight is 251 g/mol. The molecule has 0 fully saturated rings. The highest BCUT2D eigenvalue weighted by Gasteiger charge is 2.24. The Morgan fingerprint density at radius 1 is 1.12 bits per heavy atom. The summed E-state index contributed by atoms with van der Waals surface area (Å²) < 4.78 is 25.9. The summed E-state index contributed by atoms with van der Waals surface area (Å²) in [5.74, 6) is 0. The van der Waals surface area contributed by atoms with Gasteiger partial charge in [0.2, 0.25) is 10.0 Å². The van der Waals surface area contributed by atoms with Crippen LogP contribution in [0.2, 0.25) is 0 Å². The monoisotopic (exact) mass is 251 g/mol. The third kappa shape index (κ3) is 2.58. The Kier molecular flexibility index (Phi) is 3.64. The van der Waals surface area contributed by atoms with Crippen molar-refractivity contribution in [3.05, 3.63) is 42.0 Å². The summed E-state index contributed by atoms with van der Waals surface area (Å²) in [5.41, 5.74) is 1.19. The van der Waals surface area contributed by atoms with Gasteiger partial charge in [-0.2, -0.15) is 4.31 Å². The molecule has 3 nitrogen and oxygen atoms in total. The maximum atomic E-state index is 12.2. The summed E-state index contributed by atoms with van der Waals surface area (Å²) in [6.45, 7) is 3.08. The molecular formula is C13H17NO2S. The van der Waals surface area contributed by atoms with Gasteiger partial charge in [-0.3, -0.25) is 0 Å². The van der Waals surface area contributed by atoms with Gasteiger partial charge in [0.1, 0.15) is 0 Å². The minimum Gasteiger partial charge on any atom is -0.207 e. The van der Waals surface area contributed by atoms with Crippen LogP contribution in [-0.2, 0) is 16.4 Å². The normalized spacial score (nSPS) is 16.5. The Labute approximate surface area is 103 Å². The van der Waals surface area contributed by atoms with E-state index in [-0.39, 0.29) is 0 Å². The van der Waals surface area contributed by atoms with Crippen LogP contribution < -0.4 is 0 Å².